The fourth-order valence-electron chi connectivity index (χ4n) is 10.3. The second-order valence-electron chi connectivity index (χ2n) is 23.8. The minimum atomic E-state index is -0.789. The molecule has 0 aliphatic rings. The number of esters is 3. The van der Waals surface area contributed by atoms with E-state index in [0.717, 1.165) is 109 Å². The third kappa shape index (κ3) is 67.4. The van der Waals surface area contributed by atoms with Crippen molar-refractivity contribution >= 4 is 17.9 Å². The van der Waals surface area contributed by atoms with E-state index in [-0.39, 0.29) is 31.1 Å². The third-order valence-electron chi connectivity index (χ3n) is 15.6. The quantitative estimate of drug-likeness (QED) is 0.0261. The topological polar surface area (TPSA) is 78.9 Å². The fourth-order valence-corrected chi connectivity index (χ4v) is 10.3. The average Bonchev–Trinajstić information content (AvgIpc) is 3.48. The van der Waals surface area contributed by atoms with Crippen LogP contribution < -0.4 is 0 Å². The zero-order valence-electron chi connectivity index (χ0n) is 54.5. The van der Waals surface area contributed by atoms with Crippen LogP contribution >= 0.6 is 0 Å². The Bertz CT molecular complexity index is 1550. The molecule has 0 spiro atoms. The molecular weight excluding hydrogens is 1010 g/mol. The van der Waals surface area contributed by atoms with Gasteiger partial charge in [0.25, 0.3) is 0 Å². The normalized spacial score (nSPS) is 12.6. The molecule has 0 saturated carbocycles. The van der Waals surface area contributed by atoms with Gasteiger partial charge < -0.3 is 14.2 Å². The lowest BCUT2D eigenvalue weighted by molar-refractivity contribution is -0.167. The van der Waals surface area contributed by atoms with Gasteiger partial charge in [-0.15, -0.1) is 0 Å². The summed E-state index contributed by atoms with van der Waals surface area (Å²) in [5, 5.41) is 0. The van der Waals surface area contributed by atoms with Crippen molar-refractivity contribution in [3.8, 4) is 0 Å². The highest BCUT2D eigenvalue weighted by Gasteiger charge is 2.19. The first-order chi connectivity index (χ1) is 40.5. The highest BCUT2D eigenvalue weighted by molar-refractivity contribution is 5.71. The van der Waals surface area contributed by atoms with Crippen molar-refractivity contribution in [3.05, 3.63) is 85.1 Å². The summed E-state index contributed by atoms with van der Waals surface area (Å²) in [4.78, 5) is 38.5. The van der Waals surface area contributed by atoms with E-state index in [0.29, 0.717) is 19.3 Å². The standard InChI is InChI=1S/C76H134O6/c1-4-7-10-13-16-19-22-25-28-31-33-35-36-37-38-39-40-42-43-45-48-51-54-57-60-63-66-69-75(78)81-72-73(71-80-74(77)68-65-62-59-56-53-50-47-30-27-24-21-18-15-12-9-6-3)82-76(79)70-67-64-61-58-55-52-49-46-44-41-34-32-29-26-23-20-17-14-11-8-5-2/h8,11,17,20-21,24,26,29-31,33-34,41,47,73H,4-7,9-10,12-16,18-19,22-23,25,27-28,32,35-40,42-46,48-72H2,1-3H3/b11-8-,20-17-,24-21-,29-26-,33-31-,41-34-,47-30-. The summed E-state index contributed by atoms with van der Waals surface area (Å²) < 4.78 is 17.0. The lowest BCUT2D eigenvalue weighted by atomic mass is 10.0. The summed E-state index contributed by atoms with van der Waals surface area (Å²) in [7, 11) is 0. The Labute approximate surface area is 509 Å². The molecule has 0 aromatic heterocycles. The van der Waals surface area contributed by atoms with Gasteiger partial charge in [0, 0.05) is 19.3 Å². The zero-order valence-corrected chi connectivity index (χ0v) is 54.5. The molecule has 0 N–H and O–H groups in total. The Balaban J connectivity index is 4.32. The number of hydrogen-bond donors (Lipinski definition) is 0. The first-order valence-electron chi connectivity index (χ1n) is 35.6. The van der Waals surface area contributed by atoms with E-state index >= 15 is 0 Å². The summed E-state index contributed by atoms with van der Waals surface area (Å²) in [5.41, 5.74) is 0. The van der Waals surface area contributed by atoms with Gasteiger partial charge in [-0.2, -0.15) is 0 Å². The Morgan fingerprint density at radius 3 is 0.768 bits per heavy atom. The van der Waals surface area contributed by atoms with Gasteiger partial charge in [0.2, 0.25) is 0 Å². The van der Waals surface area contributed by atoms with Gasteiger partial charge in [-0.25, -0.2) is 0 Å². The van der Waals surface area contributed by atoms with Crippen LogP contribution in [0.4, 0.5) is 0 Å². The molecule has 6 heteroatoms. The first kappa shape index (κ1) is 78.6. The molecule has 0 radical (unpaired) electrons. The molecule has 82 heavy (non-hydrogen) atoms. The largest absolute Gasteiger partial charge is 0.462 e. The number of hydrogen-bond acceptors (Lipinski definition) is 6. The van der Waals surface area contributed by atoms with Crippen LogP contribution in [0.15, 0.2) is 85.1 Å². The van der Waals surface area contributed by atoms with Crippen LogP contribution in [0.25, 0.3) is 0 Å². The smallest absolute Gasteiger partial charge is 0.306 e. The van der Waals surface area contributed by atoms with Crippen molar-refractivity contribution in [2.45, 2.75) is 367 Å². The zero-order chi connectivity index (χ0) is 59.2. The van der Waals surface area contributed by atoms with Crippen molar-refractivity contribution in [3.63, 3.8) is 0 Å². The monoisotopic (exact) mass is 1140 g/mol. The van der Waals surface area contributed by atoms with Crippen molar-refractivity contribution < 1.29 is 28.6 Å². The molecule has 0 aromatic carbocycles. The van der Waals surface area contributed by atoms with Crippen LogP contribution in [0, 0.1) is 0 Å². The lowest BCUT2D eigenvalue weighted by Gasteiger charge is -2.18. The summed E-state index contributed by atoms with van der Waals surface area (Å²) in [5.74, 6) is -0.886. The molecule has 0 amide bonds. The molecule has 0 saturated heterocycles. The molecule has 0 bridgehead atoms. The number of carbonyl (C=O) groups is 3. The predicted molar refractivity (Wildman–Crippen MR) is 358 cm³/mol. The third-order valence-corrected chi connectivity index (χ3v) is 15.6. The summed E-state index contributed by atoms with van der Waals surface area (Å²) in [6.45, 7) is 6.54. The van der Waals surface area contributed by atoms with Crippen molar-refractivity contribution in [2.24, 2.45) is 0 Å². The maximum atomic E-state index is 13.0. The second-order valence-corrected chi connectivity index (χ2v) is 23.8. The van der Waals surface area contributed by atoms with Crippen LogP contribution in [0.5, 0.6) is 0 Å². The Morgan fingerprint density at radius 1 is 0.256 bits per heavy atom. The van der Waals surface area contributed by atoms with E-state index in [4.69, 9.17) is 14.2 Å². The van der Waals surface area contributed by atoms with Gasteiger partial charge in [-0.3, -0.25) is 14.4 Å². The van der Waals surface area contributed by atoms with Gasteiger partial charge in [0.1, 0.15) is 13.2 Å². The molecule has 474 valence electrons. The fraction of sp³-hybridized carbons (Fsp3) is 0.776. The number of allylic oxidation sites excluding steroid dienone is 14. The van der Waals surface area contributed by atoms with Gasteiger partial charge in [-0.05, 0) is 116 Å². The van der Waals surface area contributed by atoms with E-state index in [2.05, 4.69) is 106 Å². The van der Waals surface area contributed by atoms with Gasteiger partial charge >= 0.3 is 17.9 Å². The summed E-state index contributed by atoms with van der Waals surface area (Å²) in [6, 6.07) is 0. The average molecular weight is 1140 g/mol. The van der Waals surface area contributed by atoms with E-state index < -0.39 is 6.10 Å². The van der Waals surface area contributed by atoms with Crippen LogP contribution in [0.1, 0.15) is 361 Å². The van der Waals surface area contributed by atoms with Crippen molar-refractivity contribution in [2.75, 3.05) is 13.2 Å². The molecule has 0 fully saturated rings. The molecule has 6 nitrogen and oxygen atoms in total. The van der Waals surface area contributed by atoms with Crippen molar-refractivity contribution in [1.82, 2.24) is 0 Å². The molecule has 1 unspecified atom stereocenters. The Kier molecular flexibility index (Phi) is 67.2. The summed E-state index contributed by atoms with van der Waals surface area (Å²) >= 11 is 0. The predicted octanol–water partition coefficient (Wildman–Crippen LogP) is 24.6. The first-order valence-corrected chi connectivity index (χ1v) is 35.6. The molecule has 0 rings (SSSR count). The molecule has 0 heterocycles. The molecule has 0 aliphatic heterocycles. The van der Waals surface area contributed by atoms with Crippen LogP contribution in [-0.4, -0.2) is 37.2 Å². The number of unbranched alkanes of at least 4 members (excludes halogenated alkanes) is 40. The Hall–Kier alpha value is -3.41. The Morgan fingerprint density at radius 2 is 0.476 bits per heavy atom. The van der Waals surface area contributed by atoms with Gasteiger partial charge in [0.15, 0.2) is 6.10 Å². The molecule has 0 aliphatic carbocycles. The van der Waals surface area contributed by atoms with E-state index in [1.54, 1.807) is 0 Å². The summed E-state index contributed by atoms with van der Waals surface area (Å²) in [6.07, 6.45) is 93.2. The van der Waals surface area contributed by atoms with Gasteiger partial charge in [-0.1, -0.05) is 311 Å². The minimum Gasteiger partial charge on any atom is -0.462 e. The molecule has 0 aromatic rings. The van der Waals surface area contributed by atoms with Crippen LogP contribution in [0.2, 0.25) is 0 Å². The number of rotatable bonds is 65. The maximum Gasteiger partial charge on any atom is 0.306 e. The van der Waals surface area contributed by atoms with Crippen molar-refractivity contribution in [1.29, 1.82) is 0 Å². The SMILES string of the molecule is CC/C=C\C/C=C\C/C=C\C/C=C\CCCCCCCCCCC(=O)OC(COC(=O)CCCCCCC/C=C\C/C=C\CCCCCC)COC(=O)CCCCCCCCCCCCCCCCC/C=C\CCCCCCCCCC. The highest BCUT2D eigenvalue weighted by Crippen LogP contribution is 2.17. The van der Waals surface area contributed by atoms with E-state index in [1.807, 2.05) is 0 Å². The van der Waals surface area contributed by atoms with Gasteiger partial charge in [0.05, 0.1) is 0 Å². The molecular formula is C76H134O6. The highest BCUT2D eigenvalue weighted by atomic mass is 16.6. The maximum absolute atomic E-state index is 13.0. The van der Waals surface area contributed by atoms with Crippen LogP contribution in [-0.2, 0) is 28.6 Å². The van der Waals surface area contributed by atoms with E-state index in [9.17, 15) is 14.4 Å². The number of ether oxygens (including phenoxy) is 3. The number of carbonyl (C=O) groups excluding carboxylic acids is 3. The second kappa shape index (κ2) is 70.1. The molecule has 1 atom stereocenters. The lowest BCUT2D eigenvalue weighted by Crippen LogP contribution is -2.30. The van der Waals surface area contributed by atoms with E-state index in [1.165, 1.54) is 212 Å². The minimum absolute atomic E-state index is 0.0821. The van der Waals surface area contributed by atoms with Crippen LogP contribution in [0.3, 0.4) is 0 Å².